The number of methoxy groups -OCH3 is 1. The molecule has 0 fully saturated rings. The van der Waals surface area contributed by atoms with Gasteiger partial charge in [-0.3, -0.25) is 0 Å². The van der Waals surface area contributed by atoms with Crippen LogP contribution in [0.5, 0.6) is 0 Å². The molecule has 0 aromatic carbocycles. The minimum Gasteiger partial charge on any atom is -0.375 e. The van der Waals surface area contributed by atoms with E-state index in [0.717, 1.165) is 21.5 Å². The molecule has 108 valence electrons. The quantitative estimate of drug-likeness (QED) is 0.765. The Labute approximate surface area is 127 Å². The fraction of sp³-hybridized carbons (Fsp3) is 0.462. The molecule has 2 heterocycles. The lowest BCUT2D eigenvalue weighted by molar-refractivity contribution is 0.119. The number of thiazole rings is 1. The van der Waals surface area contributed by atoms with Crippen molar-refractivity contribution in [2.75, 3.05) is 25.3 Å². The highest BCUT2D eigenvalue weighted by Gasteiger charge is 2.11. The van der Waals surface area contributed by atoms with Gasteiger partial charge in [-0.15, -0.1) is 33.3 Å². The molecule has 5 nitrogen and oxygen atoms in total. The van der Waals surface area contributed by atoms with Crippen molar-refractivity contribution in [2.45, 2.75) is 24.6 Å². The lowest BCUT2D eigenvalue weighted by Gasteiger charge is -2.16. The van der Waals surface area contributed by atoms with Crippen LogP contribution in [0.3, 0.4) is 0 Å². The molecule has 0 bridgehead atoms. The first-order valence-corrected chi connectivity index (χ1v) is 8.30. The number of thioether (sulfide) groups is 1. The zero-order chi connectivity index (χ0) is 14.5. The minimum atomic E-state index is 0.0414. The van der Waals surface area contributed by atoms with Crippen LogP contribution in [0.4, 0.5) is 5.82 Å². The monoisotopic (exact) mass is 310 g/mol. The number of hydrogen-bond donors (Lipinski definition) is 0. The van der Waals surface area contributed by atoms with Crippen molar-refractivity contribution in [3.8, 4) is 0 Å². The summed E-state index contributed by atoms with van der Waals surface area (Å²) in [6.07, 6.45) is 2.03. The molecular formula is C13H18N4OS2. The molecular weight excluding hydrogens is 292 g/mol. The summed E-state index contributed by atoms with van der Waals surface area (Å²) in [5, 5.41) is 12.3. The average Bonchev–Trinajstić information content (AvgIpc) is 2.95. The molecule has 0 radical (unpaired) electrons. The van der Waals surface area contributed by atoms with Gasteiger partial charge in [0.05, 0.1) is 12.2 Å². The molecule has 0 N–H and O–H groups in total. The molecule has 0 saturated heterocycles. The molecule has 1 atom stereocenters. The van der Waals surface area contributed by atoms with E-state index in [4.69, 9.17) is 4.74 Å². The number of anilines is 1. The van der Waals surface area contributed by atoms with Crippen LogP contribution in [0, 0.1) is 0 Å². The van der Waals surface area contributed by atoms with Crippen LogP contribution in [0.1, 0.15) is 23.7 Å². The Kier molecular flexibility index (Phi) is 5.33. The van der Waals surface area contributed by atoms with E-state index in [1.165, 1.54) is 0 Å². The van der Waals surface area contributed by atoms with Crippen molar-refractivity contribution in [2.24, 2.45) is 0 Å². The highest BCUT2D eigenvalue weighted by molar-refractivity contribution is 7.98. The predicted octanol–water partition coefficient (Wildman–Crippen LogP) is 3.00. The van der Waals surface area contributed by atoms with Crippen LogP contribution in [-0.4, -0.2) is 35.6 Å². The molecule has 2 aromatic heterocycles. The van der Waals surface area contributed by atoms with E-state index < -0.39 is 0 Å². The normalized spacial score (nSPS) is 12.4. The highest BCUT2D eigenvalue weighted by Crippen LogP contribution is 2.22. The van der Waals surface area contributed by atoms with Gasteiger partial charge in [-0.05, 0) is 25.3 Å². The van der Waals surface area contributed by atoms with Gasteiger partial charge in [0.1, 0.15) is 16.1 Å². The first-order chi connectivity index (χ1) is 9.63. The number of aromatic nitrogens is 3. The molecule has 2 rings (SSSR count). The van der Waals surface area contributed by atoms with Crippen LogP contribution in [0.25, 0.3) is 0 Å². The van der Waals surface area contributed by atoms with E-state index in [1.54, 1.807) is 30.2 Å². The maximum absolute atomic E-state index is 5.27. The first kappa shape index (κ1) is 15.2. The number of hydrogen-bond acceptors (Lipinski definition) is 7. The Bertz CT molecular complexity index is 544. The SMILES string of the molecule is CO[C@H](C)c1nc(CN(C)c2ccc(SC)nn2)cs1. The van der Waals surface area contributed by atoms with Gasteiger partial charge in [0, 0.05) is 19.5 Å². The van der Waals surface area contributed by atoms with E-state index in [9.17, 15) is 0 Å². The van der Waals surface area contributed by atoms with E-state index in [1.807, 2.05) is 37.3 Å². The summed E-state index contributed by atoms with van der Waals surface area (Å²) in [4.78, 5) is 6.61. The molecule has 0 amide bonds. The van der Waals surface area contributed by atoms with Crippen LogP contribution in [-0.2, 0) is 11.3 Å². The van der Waals surface area contributed by atoms with Gasteiger partial charge in [0.2, 0.25) is 0 Å². The number of nitrogens with zero attached hydrogens (tertiary/aromatic N) is 4. The average molecular weight is 310 g/mol. The first-order valence-electron chi connectivity index (χ1n) is 6.20. The summed E-state index contributed by atoms with van der Waals surface area (Å²) in [5.41, 5.74) is 1.02. The Morgan fingerprint density at radius 2 is 2.20 bits per heavy atom. The maximum Gasteiger partial charge on any atom is 0.151 e. The summed E-state index contributed by atoms with van der Waals surface area (Å²) in [6, 6.07) is 3.95. The van der Waals surface area contributed by atoms with Crippen LogP contribution < -0.4 is 4.90 Å². The zero-order valence-corrected chi connectivity index (χ0v) is 13.7. The highest BCUT2D eigenvalue weighted by atomic mass is 32.2. The Hall–Kier alpha value is -1.18. The number of rotatable bonds is 6. The minimum absolute atomic E-state index is 0.0414. The maximum atomic E-state index is 5.27. The fourth-order valence-electron chi connectivity index (χ4n) is 1.63. The van der Waals surface area contributed by atoms with Crippen molar-refractivity contribution >= 4 is 28.9 Å². The Morgan fingerprint density at radius 3 is 2.80 bits per heavy atom. The summed E-state index contributed by atoms with van der Waals surface area (Å²) in [6.45, 7) is 2.71. The summed E-state index contributed by atoms with van der Waals surface area (Å²) >= 11 is 3.21. The smallest absolute Gasteiger partial charge is 0.151 e. The second-order valence-corrected chi connectivity index (χ2v) is 6.06. The predicted molar refractivity (Wildman–Crippen MR) is 83.5 cm³/mol. The van der Waals surface area contributed by atoms with Crippen molar-refractivity contribution in [3.63, 3.8) is 0 Å². The van der Waals surface area contributed by atoms with Gasteiger partial charge in [0.15, 0.2) is 5.82 Å². The Morgan fingerprint density at radius 1 is 1.40 bits per heavy atom. The van der Waals surface area contributed by atoms with Gasteiger partial charge in [-0.1, -0.05) is 0 Å². The second-order valence-electron chi connectivity index (χ2n) is 4.34. The third-order valence-corrected chi connectivity index (χ3v) is 4.59. The van der Waals surface area contributed by atoms with Crippen molar-refractivity contribution in [1.29, 1.82) is 0 Å². The van der Waals surface area contributed by atoms with Crippen LogP contribution in [0.2, 0.25) is 0 Å². The molecule has 0 spiro atoms. The lowest BCUT2D eigenvalue weighted by atomic mass is 10.4. The second kappa shape index (κ2) is 7.01. The van der Waals surface area contributed by atoms with Gasteiger partial charge in [0.25, 0.3) is 0 Å². The third-order valence-electron chi connectivity index (χ3n) is 2.90. The molecule has 0 saturated carbocycles. The van der Waals surface area contributed by atoms with E-state index in [-0.39, 0.29) is 6.10 Å². The largest absolute Gasteiger partial charge is 0.375 e. The zero-order valence-electron chi connectivity index (χ0n) is 12.0. The standard InChI is InChI=1S/C13H18N4OS2/c1-9(18-3)13-14-10(8-20-13)7-17(2)11-5-6-12(19-4)16-15-11/h5-6,8-9H,7H2,1-4H3/t9-/m1/s1. The number of ether oxygens (including phenoxy) is 1. The molecule has 0 aliphatic carbocycles. The summed E-state index contributed by atoms with van der Waals surface area (Å²) < 4.78 is 5.27. The third kappa shape index (κ3) is 3.68. The van der Waals surface area contributed by atoms with Crippen molar-refractivity contribution in [3.05, 3.63) is 28.2 Å². The van der Waals surface area contributed by atoms with Crippen molar-refractivity contribution in [1.82, 2.24) is 15.2 Å². The lowest BCUT2D eigenvalue weighted by Crippen LogP contribution is -2.18. The van der Waals surface area contributed by atoms with Gasteiger partial charge in [-0.25, -0.2) is 4.98 Å². The summed E-state index contributed by atoms with van der Waals surface area (Å²) in [7, 11) is 3.68. The van der Waals surface area contributed by atoms with Gasteiger partial charge in [-0.2, -0.15) is 0 Å². The topological polar surface area (TPSA) is 51.1 Å². The van der Waals surface area contributed by atoms with Crippen molar-refractivity contribution < 1.29 is 4.74 Å². The molecule has 20 heavy (non-hydrogen) atoms. The van der Waals surface area contributed by atoms with Crippen LogP contribution in [0.15, 0.2) is 22.5 Å². The Balaban J connectivity index is 2.03. The molecule has 2 aromatic rings. The van der Waals surface area contributed by atoms with Gasteiger partial charge >= 0.3 is 0 Å². The summed E-state index contributed by atoms with van der Waals surface area (Å²) in [5.74, 6) is 0.845. The van der Waals surface area contributed by atoms with E-state index in [2.05, 4.69) is 20.6 Å². The van der Waals surface area contributed by atoms with Crippen LogP contribution >= 0.6 is 23.1 Å². The van der Waals surface area contributed by atoms with E-state index >= 15 is 0 Å². The van der Waals surface area contributed by atoms with Gasteiger partial charge < -0.3 is 9.64 Å². The fourth-order valence-corrected chi connectivity index (χ4v) is 2.80. The molecule has 0 unspecified atom stereocenters. The molecule has 0 aliphatic heterocycles. The van der Waals surface area contributed by atoms with E-state index in [0.29, 0.717) is 6.54 Å². The molecule has 7 heteroatoms. The molecule has 0 aliphatic rings.